The molecule has 6 nitrogen and oxygen atoms in total. The van der Waals surface area contributed by atoms with Gasteiger partial charge in [-0.15, -0.1) is 0 Å². The largest absolute Gasteiger partial charge is 0.468 e. The third-order valence-electron chi connectivity index (χ3n) is 3.16. The number of hydrogen-bond donors (Lipinski definition) is 1. The van der Waals surface area contributed by atoms with Gasteiger partial charge in [-0.1, -0.05) is 0 Å². The number of carbonyl (C=O) groups is 2. The predicted molar refractivity (Wildman–Crippen MR) is 66.2 cm³/mol. The summed E-state index contributed by atoms with van der Waals surface area (Å²) in [6.45, 7) is 0.628. The number of esters is 1. The molecule has 0 atom stereocenters. The molecule has 0 aliphatic carbocycles. The zero-order valence-electron chi connectivity index (χ0n) is 10.7. The molecule has 0 spiro atoms. The molecule has 1 aliphatic heterocycles. The lowest BCUT2D eigenvalue weighted by molar-refractivity contribution is -0.188. The van der Waals surface area contributed by atoms with Gasteiger partial charge in [0.1, 0.15) is 0 Å². The molecule has 1 aromatic heterocycles. The molecule has 1 saturated heterocycles. The van der Waals surface area contributed by atoms with Crippen molar-refractivity contribution < 1.29 is 19.1 Å². The molecule has 0 unspecified atom stereocenters. The first-order chi connectivity index (χ1) is 9.19. The minimum absolute atomic E-state index is 0.0841. The topological polar surface area (TPSA) is 77.5 Å². The standard InChI is InChI=1S/C13H16N2O4/c1-18-12(17)13(8-19-9-13)11(16)15-7-4-10-2-5-14-6-3-10/h2-3,5-6H,4,7-9H2,1H3,(H,15,16). The highest BCUT2D eigenvalue weighted by molar-refractivity contribution is 6.03. The van der Waals surface area contributed by atoms with Crippen LogP contribution in [-0.2, 0) is 25.5 Å². The van der Waals surface area contributed by atoms with Crippen LogP contribution in [0.4, 0.5) is 0 Å². The number of aromatic nitrogens is 1. The maximum Gasteiger partial charge on any atom is 0.326 e. The number of ether oxygens (including phenoxy) is 2. The molecule has 102 valence electrons. The van der Waals surface area contributed by atoms with E-state index in [-0.39, 0.29) is 19.1 Å². The van der Waals surface area contributed by atoms with Gasteiger partial charge in [0.15, 0.2) is 5.41 Å². The summed E-state index contributed by atoms with van der Waals surface area (Å²) in [5.41, 5.74) is -0.0835. The number of nitrogens with zero attached hydrogens (tertiary/aromatic N) is 1. The SMILES string of the molecule is COC(=O)C1(C(=O)NCCc2ccncc2)COC1. The lowest BCUT2D eigenvalue weighted by Gasteiger charge is -2.36. The van der Waals surface area contributed by atoms with Gasteiger partial charge in [-0.3, -0.25) is 14.6 Å². The van der Waals surface area contributed by atoms with E-state index in [2.05, 4.69) is 15.0 Å². The summed E-state index contributed by atoms with van der Waals surface area (Å²) in [5, 5.41) is 2.75. The Morgan fingerprint density at radius 3 is 2.63 bits per heavy atom. The summed E-state index contributed by atoms with van der Waals surface area (Å²) in [6, 6.07) is 3.77. The van der Waals surface area contributed by atoms with Crippen molar-refractivity contribution in [1.29, 1.82) is 0 Å². The van der Waals surface area contributed by atoms with Crippen LogP contribution in [0.5, 0.6) is 0 Å². The maximum atomic E-state index is 12.0. The number of amides is 1. The van der Waals surface area contributed by atoms with Crippen LogP contribution >= 0.6 is 0 Å². The van der Waals surface area contributed by atoms with Crippen molar-refractivity contribution in [3.8, 4) is 0 Å². The van der Waals surface area contributed by atoms with Gasteiger partial charge in [-0.05, 0) is 24.1 Å². The second kappa shape index (κ2) is 5.79. The van der Waals surface area contributed by atoms with Gasteiger partial charge in [0, 0.05) is 18.9 Å². The van der Waals surface area contributed by atoms with Crippen LogP contribution in [0, 0.1) is 5.41 Å². The van der Waals surface area contributed by atoms with E-state index in [1.807, 2.05) is 12.1 Å². The molecule has 1 N–H and O–H groups in total. The zero-order chi connectivity index (χ0) is 13.7. The second-order valence-electron chi connectivity index (χ2n) is 4.43. The maximum absolute atomic E-state index is 12.0. The Morgan fingerprint density at radius 2 is 2.11 bits per heavy atom. The van der Waals surface area contributed by atoms with E-state index in [0.717, 1.165) is 5.56 Å². The van der Waals surface area contributed by atoms with Gasteiger partial charge in [0.2, 0.25) is 5.91 Å². The molecule has 0 bridgehead atoms. The first-order valence-electron chi connectivity index (χ1n) is 6.02. The van der Waals surface area contributed by atoms with Crippen LogP contribution in [0.3, 0.4) is 0 Å². The molecule has 6 heteroatoms. The first kappa shape index (κ1) is 13.5. The number of nitrogens with one attached hydrogen (secondary N) is 1. The summed E-state index contributed by atoms with van der Waals surface area (Å²) >= 11 is 0. The quantitative estimate of drug-likeness (QED) is 0.595. The van der Waals surface area contributed by atoms with Crippen molar-refractivity contribution in [1.82, 2.24) is 10.3 Å². The molecule has 2 rings (SSSR count). The van der Waals surface area contributed by atoms with Crippen molar-refractivity contribution in [2.24, 2.45) is 5.41 Å². The van der Waals surface area contributed by atoms with Gasteiger partial charge in [-0.2, -0.15) is 0 Å². The zero-order valence-corrected chi connectivity index (χ0v) is 10.7. The third-order valence-corrected chi connectivity index (χ3v) is 3.16. The minimum atomic E-state index is -1.16. The number of carbonyl (C=O) groups excluding carboxylic acids is 2. The minimum Gasteiger partial charge on any atom is -0.468 e. The Labute approximate surface area is 111 Å². The van der Waals surface area contributed by atoms with Crippen molar-refractivity contribution in [3.63, 3.8) is 0 Å². The highest BCUT2D eigenvalue weighted by Crippen LogP contribution is 2.29. The van der Waals surface area contributed by atoms with E-state index in [1.54, 1.807) is 12.4 Å². The molecule has 1 fully saturated rings. The number of hydrogen-bond acceptors (Lipinski definition) is 5. The van der Waals surface area contributed by atoms with E-state index in [1.165, 1.54) is 7.11 Å². The number of pyridine rings is 1. The van der Waals surface area contributed by atoms with Crippen LogP contribution in [0.1, 0.15) is 5.56 Å². The number of rotatable bonds is 5. The number of methoxy groups -OCH3 is 1. The highest BCUT2D eigenvalue weighted by Gasteiger charge is 2.53. The Morgan fingerprint density at radius 1 is 1.42 bits per heavy atom. The van der Waals surface area contributed by atoms with Crippen LogP contribution in [-0.4, -0.2) is 43.7 Å². The average Bonchev–Trinajstić information content (AvgIpc) is 2.38. The Balaban J connectivity index is 1.86. The summed E-state index contributed by atoms with van der Waals surface area (Å²) in [7, 11) is 1.27. The van der Waals surface area contributed by atoms with Gasteiger partial charge >= 0.3 is 5.97 Å². The molecule has 0 saturated carbocycles. The fourth-order valence-electron chi connectivity index (χ4n) is 1.88. The highest BCUT2D eigenvalue weighted by atomic mass is 16.5. The Kier molecular flexibility index (Phi) is 4.11. The third kappa shape index (κ3) is 2.73. The lowest BCUT2D eigenvalue weighted by Crippen LogP contribution is -2.59. The fraction of sp³-hybridized carbons (Fsp3) is 0.462. The van der Waals surface area contributed by atoms with Crippen molar-refractivity contribution >= 4 is 11.9 Å². The molecule has 1 aliphatic rings. The molecule has 1 amide bonds. The smallest absolute Gasteiger partial charge is 0.326 e. The molecular formula is C13H16N2O4. The van der Waals surface area contributed by atoms with Crippen LogP contribution in [0.25, 0.3) is 0 Å². The van der Waals surface area contributed by atoms with Crippen molar-refractivity contribution in [2.75, 3.05) is 26.9 Å². The Bertz CT molecular complexity index is 457. The summed E-state index contributed by atoms with van der Waals surface area (Å²) in [5.74, 6) is -0.875. The summed E-state index contributed by atoms with van der Waals surface area (Å²) in [6.07, 6.45) is 4.09. The summed E-state index contributed by atoms with van der Waals surface area (Å²) < 4.78 is 9.63. The van der Waals surface area contributed by atoms with Gasteiger partial charge in [0.05, 0.1) is 20.3 Å². The molecule has 0 radical (unpaired) electrons. The second-order valence-corrected chi connectivity index (χ2v) is 4.43. The molecule has 2 heterocycles. The van der Waals surface area contributed by atoms with E-state index in [4.69, 9.17) is 4.74 Å². The van der Waals surface area contributed by atoms with E-state index in [9.17, 15) is 9.59 Å². The average molecular weight is 264 g/mol. The van der Waals surface area contributed by atoms with Gasteiger partial charge in [-0.25, -0.2) is 0 Å². The molecule has 0 aromatic carbocycles. The fourth-order valence-corrected chi connectivity index (χ4v) is 1.88. The van der Waals surface area contributed by atoms with Crippen molar-refractivity contribution in [3.05, 3.63) is 30.1 Å². The van der Waals surface area contributed by atoms with Gasteiger partial charge < -0.3 is 14.8 Å². The van der Waals surface area contributed by atoms with Gasteiger partial charge in [0.25, 0.3) is 0 Å². The summed E-state index contributed by atoms with van der Waals surface area (Å²) in [4.78, 5) is 27.6. The van der Waals surface area contributed by atoms with E-state index >= 15 is 0 Å². The van der Waals surface area contributed by atoms with Crippen LogP contribution in [0.15, 0.2) is 24.5 Å². The van der Waals surface area contributed by atoms with Crippen LogP contribution in [0.2, 0.25) is 0 Å². The van der Waals surface area contributed by atoms with Crippen LogP contribution < -0.4 is 5.32 Å². The molecular weight excluding hydrogens is 248 g/mol. The predicted octanol–water partition coefficient (Wildman–Crippen LogP) is -0.0701. The first-order valence-corrected chi connectivity index (χ1v) is 6.02. The lowest BCUT2D eigenvalue weighted by atomic mass is 9.85. The molecule has 1 aromatic rings. The normalized spacial score (nSPS) is 16.3. The van der Waals surface area contributed by atoms with E-state index in [0.29, 0.717) is 13.0 Å². The Hall–Kier alpha value is -1.95. The van der Waals surface area contributed by atoms with E-state index < -0.39 is 11.4 Å². The molecule has 19 heavy (non-hydrogen) atoms. The van der Waals surface area contributed by atoms with Crippen molar-refractivity contribution in [2.45, 2.75) is 6.42 Å². The monoisotopic (exact) mass is 264 g/mol.